The number of pyridine rings is 1. The number of nitrogens with zero attached hydrogens (tertiary/aromatic N) is 8. The second-order valence-electron chi connectivity index (χ2n) is 16.3. The van der Waals surface area contributed by atoms with Gasteiger partial charge in [-0.15, -0.1) is 33.7 Å². The molecular formula is C60H42F3IrN8-3. The van der Waals surface area contributed by atoms with Crippen molar-refractivity contribution in [3.63, 3.8) is 0 Å². The molecule has 0 amide bonds. The van der Waals surface area contributed by atoms with Crippen LogP contribution in [0, 0.1) is 24.8 Å². The first-order valence-corrected chi connectivity index (χ1v) is 22.7. The van der Waals surface area contributed by atoms with Crippen molar-refractivity contribution >= 4 is 21.5 Å². The molecule has 1 radical (unpaired) electrons. The maximum atomic E-state index is 12.1. The van der Waals surface area contributed by atoms with Crippen molar-refractivity contribution in [2.75, 3.05) is 0 Å². The molecule has 0 unspecified atom stereocenters. The Kier molecular flexibility index (Phi) is 14.5. The van der Waals surface area contributed by atoms with Gasteiger partial charge in [0, 0.05) is 26.3 Å². The van der Waals surface area contributed by atoms with Crippen LogP contribution in [0.1, 0.15) is 5.82 Å². The van der Waals surface area contributed by atoms with Crippen LogP contribution in [0.25, 0.3) is 89.5 Å². The van der Waals surface area contributed by atoms with Crippen LogP contribution in [0.5, 0.6) is 0 Å². The molecule has 72 heavy (non-hydrogen) atoms. The number of hydrogen-bond acceptors (Lipinski definition) is 3. The zero-order valence-corrected chi connectivity index (χ0v) is 41.2. The molecular weight excluding hydrogens is 1080 g/mol. The number of fused-ring (bicyclic) bond motifs is 2. The molecule has 0 saturated heterocycles. The van der Waals surface area contributed by atoms with E-state index in [9.17, 15) is 13.2 Å². The van der Waals surface area contributed by atoms with Crippen molar-refractivity contribution in [2.24, 2.45) is 14.1 Å². The van der Waals surface area contributed by atoms with E-state index in [1.165, 1.54) is 34.2 Å². The molecule has 12 heteroatoms. The zero-order valence-electron chi connectivity index (χ0n) is 38.8. The van der Waals surface area contributed by atoms with Crippen LogP contribution < -0.4 is 14.2 Å². The van der Waals surface area contributed by atoms with Gasteiger partial charge in [0.1, 0.15) is 5.82 Å². The standard InChI is InChI=1S/2C26H19N2.C8H4F3N4.Ir/c2*1-27-19-28(24-18-10-16-20-11-8-9-17-23(20)24)26(22-14-6-3-7-15-22)25(27)21-12-4-2-5-13-21;9-8(10,11)7-13-6(14-15-7)5-3-1-2-4-12-5;/h2*2-17H,1H3;1-4H;/q3*-1;. The average molecular weight is 1120 g/mol. The molecule has 12 rings (SSSR count). The average Bonchev–Trinajstić information content (AvgIpc) is 4.16. The molecule has 0 aliphatic rings. The van der Waals surface area contributed by atoms with E-state index in [-0.39, 0.29) is 31.6 Å². The molecule has 12 aromatic rings. The van der Waals surface area contributed by atoms with E-state index in [4.69, 9.17) is 0 Å². The van der Waals surface area contributed by atoms with Crippen molar-refractivity contribution in [1.29, 1.82) is 0 Å². The number of rotatable bonds is 7. The SMILES string of the molecule is C[n+]1[c-]n(-c2[c-]ccc3ccccc23)c(-c2ccccc2)c1-c1ccccc1.C[n+]1[c-]n(-c2[c-]ccc3ccccc23)c(-c2ccccc2)c1-c1ccccc1.FC(F)(F)c1n[n-]c(-c2ccccn2)n1.[Ir]. The third-order valence-electron chi connectivity index (χ3n) is 11.7. The minimum atomic E-state index is -4.57. The molecule has 355 valence electrons. The molecule has 0 N–H and O–H groups in total. The van der Waals surface area contributed by atoms with Crippen LogP contribution in [0.2, 0.25) is 0 Å². The van der Waals surface area contributed by atoms with Gasteiger partial charge in [-0.1, -0.05) is 175 Å². The van der Waals surface area contributed by atoms with Gasteiger partial charge in [0.2, 0.25) is 12.7 Å². The smallest absolute Gasteiger partial charge is 0.413 e. The number of imidazole rings is 2. The maximum absolute atomic E-state index is 12.1. The van der Waals surface area contributed by atoms with Gasteiger partial charge < -0.3 is 28.4 Å². The normalized spacial score (nSPS) is 11.0. The van der Waals surface area contributed by atoms with Crippen molar-refractivity contribution in [3.05, 3.63) is 249 Å². The molecule has 4 aromatic heterocycles. The van der Waals surface area contributed by atoms with Gasteiger partial charge in [-0.3, -0.25) is 10.1 Å². The molecule has 0 atom stereocenters. The predicted octanol–water partition coefficient (Wildman–Crippen LogP) is 12.3. The summed E-state index contributed by atoms with van der Waals surface area (Å²) < 4.78 is 44.8. The first-order chi connectivity index (χ1) is 34.7. The summed E-state index contributed by atoms with van der Waals surface area (Å²) in [4.78, 5) is 7.05. The monoisotopic (exact) mass is 1120 g/mol. The maximum Gasteiger partial charge on any atom is 0.429 e. The summed E-state index contributed by atoms with van der Waals surface area (Å²) in [6.45, 7) is 0. The summed E-state index contributed by atoms with van der Waals surface area (Å²) in [5, 5.41) is 11.0. The first kappa shape index (κ1) is 48.5. The number of benzene rings is 8. The summed E-state index contributed by atoms with van der Waals surface area (Å²) in [6.07, 6.45) is 3.92. The fraction of sp³-hybridized carbons (Fsp3) is 0.0500. The van der Waals surface area contributed by atoms with Gasteiger partial charge >= 0.3 is 6.18 Å². The van der Waals surface area contributed by atoms with Crippen LogP contribution >= 0.6 is 0 Å². The van der Waals surface area contributed by atoms with Gasteiger partial charge in [0.05, 0.1) is 42.6 Å². The fourth-order valence-electron chi connectivity index (χ4n) is 8.56. The zero-order chi connectivity index (χ0) is 48.7. The Balaban J connectivity index is 0.000000139. The van der Waals surface area contributed by atoms with E-state index in [0.717, 1.165) is 56.0 Å². The third kappa shape index (κ3) is 10.2. The Bertz CT molecular complexity index is 3500. The summed E-state index contributed by atoms with van der Waals surface area (Å²) in [7, 11) is 4.10. The summed E-state index contributed by atoms with van der Waals surface area (Å²) in [6, 6.07) is 78.7. The quantitative estimate of drug-likeness (QED) is 0.118. The molecule has 8 aromatic carbocycles. The number of aryl methyl sites for hydroxylation is 2. The van der Waals surface area contributed by atoms with E-state index < -0.39 is 12.0 Å². The van der Waals surface area contributed by atoms with E-state index in [0.29, 0.717) is 0 Å². The molecule has 0 aliphatic carbocycles. The van der Waals surface area contributed by atoms with Gasteiger partial charge in [-0.05, 0) is 40.2 Å². The Morgan fingerprint density at radius 2 is 0.889 bits per heavy atom. The minimum absolute atomic E-state index is 0. The molecule has 0 spiro atoms. The Labute approximate surface area is 428 Å². The number of aromatic nitrogens is 8. The fourth-order valence-corrected chi connectivity index (χ4v) is 8.56. The minimum Gasteiger partial charge on any atom is -0.413 e. The predicted molar refractivity (Wildman–Crippen MR) is 270 cm³/mol. The van der Waals surface area contributed by atoms with E-state index in [1.807, 2.05) is 36.4 Å². The van der Waals surface area contributed by atoms with Crippen LogP contribution in [-0.2, 0) is 40.4 Å². The van der Waals surface area contributed by atoms with Gasteiger partial charge in [-0.25, -0.2) is 0 Å². The molecule has 4 heterocycles. The Hall–Kier alpha value is -8.57. The number of hydrogen-bond donors (Lipinski definition) is 0. The second kappa shape index (κ2) is 21.6. The molecule has 0 saturated carbocycles. The molecule has 0 bridgehead atoms. The van der Waals surface area contributed by atoms with E-state index in [1.54, 1.807) is 12.1 Å². The van der Waals surface area contributed by atoms with E-state index in [2.05, 4.69) is 235 Å². The largest absolute Gasteiger partial charge is 0.429 e. The summed E-state index contributed by atoms with van der Waals surface area (Å²) in [5.74, 6) is -1.37. The molecule has 0 fully saturated rings. The van der Waals surface area contributed by atoms with Crippen molar-refractivity contribution in [2.45, 2.75) is 6.18 Å². The van der Waals surface area contributed by atoms with Gasteiger partial charge in [0.25, 0.3) is 0 Å². The van der Waals surface area contributed by atoms with Gasteiger partial charge in [-0.2, -0.15) is 49.6 Å². The van der Waals surface area contributed by atoms with Gasteiger partial charge in [0.15, 0.2) is 0 Å². The van der Waals surface area contributed by atoms with Crippen molar-refractivity contribution in [3.8, 4) is 67.9 Å². The molecule has 0 aliphatic heterocycles. The van der Waals surface area contributed by atoms with Crippen LogP contribution in [0.4, 0.5) is 13.2 Å². The van der Waals surface area contributed by atoms with E-state index >= 15 is 0 Å². The van der Waals surface area contributed by atoms with Crippen LogP contribution in [0.3, 0.4) is 0 Å². The number of alkyl halides is 3. The third-order valence-corrected chi connectivity index (χ3v) is 11.7. The van der Waals surface area contributed by atoms with Crippen LogP contribution in [0.15, 0.2) is 219 Å². The van der Waals surface area contributed by atoms with Crippen LogP contribution in [-0.4, -0.2) is 24.2 Å². The topological polar surface area (TPSA) is 70.4 Å². The molecule has 8 nitrogen and oxygen atoms in total. The Morgan fingerprint density at radius 3 is 1.29 bits per heavy atom. The summed E-state index contributed by atoms with van der Waals surface area (Å²) >= 11 is 0. The Morgan fingerprint density at radius 1 is 0.486 bits per heavy atom. The summed E-state index contributed by atoms with van der Waals surface area (Å²) in [5.41, 5.74) is 11.4. The second-order valence-corrected chi connectivity index (χ2v) is 16.3. The number of halogens is 3. The van der Waals surface area contributed by atoms with Crippen molar-refractivity contribution in [1.82, 2.24) is 29.3 Å². The first-order valence-electron chi connectivity index (χ1n) is 22.7. The van der Waals surface area contributed by atoms with Crippen molar-refractivity contribution < 1.29 is 42.4 Å².